The topological polar surface area (TPSA) is 125 Å². The van der Waals surface area contributed by atoms with Gasteiger partial charge in [0.1, 0.15) is 6.09 Å². The number of aromatic nitrogens is 3. The molecule has 1 aromatic heterocycles. The number of amides is 1. The van der Waals surface area contributed by atoms with Gasteiger partial charge in [-0.1, -0.05) is 12.1 Å². The molecule has 9 heteroatoms. The zero-order valence-electron chi connectivity index (χ0n) is 10.4. The molecule has 0 unspecified atom stereocenters. The van der Waals surface area contributed by atoms with Crippen LogP contribution in [0.2, 0.25) is 0 Å². The Hall–Kier alpha value is -2.84. The number of para-hydroxylation sites is 2. The minimum Gasteiger partial charge on any atom is -0.530 e. The first-order chi connectivity index (χ1) is 9.59. The van der Waals surface area contributed by atoms with Crippen molar-refractivity contribution < 1.29 is 19.7 Å². The molecule has 3 N–H and O–H groups in total. The van der Waals surface area contributed by atoms with Crippen LogP contribution < -0.4 is 20.3 Å². The predicted octanol–water partition coefficient (Wildman–Crippen LogP) is -1.08. The number of benzene rings is 1. The molecule has 0 bridgehead atoms. The molecule has 0 aliphatic carbocycles. The van der Waals surface area contributed by atoms with Gasteiger partial charge in [0.05, 0.1) is 10.0 Å². The van der Waals surface area contributed by atoms with E-state index < -0.39 is 6.09 Å². The number of carbonyl (C=O) groups excluding carboxylic acids is 1. The Morgan fingerprint density at radius 3 is 2.90 bits per heavy atom. The van der Waals surface area contributed by atoms with E-state index >= 15 is 0 Å². The highest BCUT2D eigenvalue weighted by Gasteiger charge is 2.16. The van der Waals surface area contributed by atoms with Crippen LogP contribution in [0.25, 0.3) is 11.0 Å². The molecule has 0 aliphatic heterocycles. The molecule has 0 saturated carbocycles. The summed E-state index contributed by atoms with van der Waals surface area (Å²) in [5, 5.41) is 28.6. The van der Waals surface area contributed by atoms with E-state index in [0.29, 0.717) is 23.0 Å². The van der Waals surface area contributed by atoms with Gasteiger partial charge in [-0.2, -0.15) is 0 Å². The molecule has 0 saturated heterocycles. The van der Waals surface area contributed by atoms with Gasteiger partial charge in [0.2, 0.25) is 0 Å². The summed E-state index contributed by atoms with van der Waals surface area (Å²) in [7, 11) is 0. The lowest BCUT2D eigenvalue weighted by atomic mass is 10.3. The summed E-state index contributed by atoms with van der Waals surface area (Å²) in [6.07, 6.45) is -0.898. The first-order valence-electron chi connectivity index (χ1n) is 5.92. The second-order valence-electron chi connectivity index (χ2n) is 3.99. The molecular formula is C11H13N5O4. The number of fused-ring (bicyclic) bond motifs is 1. The largest absolute Gasteiger partial charge is 0.530 e. The highest BCUT2D eigenvalue weighted by atomic mass is 16.5. The van der Waals surface area contributed by atoms with Crippen LogP contribution in [0.3, 0.4) is 0 Å². The van der Waals surface area contributed by atoms with Gasteiger partial charge in [0.25, 0.3) is 0 Å². The highest BCUT2D eigenvalue weighted by Crippen LogP contribution is 2.10. The predicted molar refractivity (Wildman–Crippen MR) is 66.8 cm³/mol. The third-order valence-electron chi connectivity index (χ3n) is 2.61. The summed E-state index contributed by atoms with van der Waals surface area (Å²) in [4.78, 5) is 21.8. The number of anilines is 1. The normalized spacial score (nSPS) is 10.4. The number of hydrogen-bond donors (Lipinski definition) is 3. The maximum Gasteiger partial charge on any atom is 0.322 e. The Kier molecular flexibility index (Phi) is 3.99. The zero-order valence-corrected chi connectivity index (χ0v) is 10.4. The lowest BCUT2D eigenvalue weighted by Crippen LogP contribution is -2.37. The Labute approximate surface area is 113 Å². The molecule has 0 radical (unpaired) electrons. The van der Waals surface area contributed by atoms with Crippen LogP contribution >= 0.6 is 0 Å². The van der Waals surface area contributed by atoms with Crippen LogP contribution in [0.1, 0.15) is 6.42 Å². The third kappa shape index (κ3) is 2.94. The fraction of sp³-hybridized carbons (Fsp3) is 0.273. The van der Waals surface area contributed by atoms with Crippen molar-refractivity contribution in [2.75, 3.05) is 18.4 Å². The van der Waals surface area contributed by atoms with Gasteiger partial charge < -0.3 is 25.7 Å². The Morgan fingerprint density at radius 1 is 1.40 bits per heavy atom. The highest BCUT2D eigenvalue weighted by molar-refractivity contribution is 5.71. The number of hydrogen-bond acceptors (Lipinski definition) is 6. The van der Waals surface area contributed by atoms with Crippen LogP contribution in [0.4, 0.5) is 10.7 Å². The van der Waals surface area contributed by atoms with Crippen LogP contribution in [-0.4, -0.2) is 34.2 Å². The lowest BCUT2D eigenvalue weighted by molar-refractivity contribution is -0.535. The van der Waals surface area contributed by atoms with Crippen molar-refractivity contribution >= 4 is 23.1 Å². The van der Waals surface area contributed by atoms with Gasteiger partial charge in [-0.05, 0) is 12.5 Å². The molecule has 2 rings (SSSR count). The van der Waals surface area contributed by atoms with Crippen LogP contribution in [0.15, 0.2) is 24.3 Å². The molecule has 0 spiro atoms. The van der Waals surface area contributed by atoms with E-state index in [-0.39, 0.29) is 18.0 Å². The zero-order chi connectivity index (χ0) is 14.5. The van der Waals surface area contributed by atoms with E-state index in [1.54, 1.807) is 18.2 Å². The van der Waals surface area contributed by atoms with E-state index in [1.165, 1.54) is 6.07 Å². The van der Waals surface area contributed by atoms with Crippen molar-refractivity contribution in [2.45, 2.75) is 6.42 Å². The second kappa shape index (κ2) is 5.87. The van der Waals surface area contributed by atoms with Crippen LogP contribution in [0, 0.1) is 4.91 Å². The van der Waals surface area contributed by atoms with Crippen molar-refractivity contribution in [1.29, 1.82) is 0 Å². The molecule has 0 atom stereocenters. The Morgan fingerprint density at radius 2 is 2.15 bits per heavy atom. The quantitative estimate of drug-likeness (QED) is 0.363. The number of carbonyl (C=O) groups is 1. The number of rotatable bonds is 5. The second-order valence-corrected chi connectivity index (χ2v) is 3.99. The molecule has 106 valence electrons. The molecule has 0 aliphatic rings. The average Bonchev–Trinajstić information content (AvgIpc) is 2.43. The fourth-order valence-electron chi connectivity index (χ4n) is 1.69. The third-order valence-corrected chi connectivity index (χ3v) is 2.61. The monoisotopic (exact) mass is 279 g/mol. The Balaban J connectivity index is 2.09. The minimum atomic E-state index is -1.34. The van der Waals surface area contributed by atoms with Gasteiger partial charge in [0.15, 0.2) is 10.1 Å². The van der Waals surface area contributed by atoms with Crippen molar-refractivity contribution in [3.63, 3.8) is 0 Å². The molecule has 0 fully saturated rings. The smallest absolute Gasteiger partial charge is 0.322 e. The molecule has 1 amide bonds. The van der Waals surface area contributed by atoms with Crippen molar-refractivity contribution in [1.82, 2.24) is 15.1 Å². The van der Waals surface area contributed by atoms with Crippen LogP contribution in [-0.2, 0) is 0 Å². The summed E-state index contributed by atoms with van der Waals surface area (Å²) < 4.78 is 1.18. The van der Waals surface area contributed by atoms with Gasteiger partial charge in [-0.15, -0.1) is 4.73 Å². The summed E-state index contributed by atoms with van der Waals surface area (Å²) in [6.45, 7) is 0.526. The SMILES string of the molecule is O=C([O-])NCCCNc1n[n+](=O)c2ccccc2n1O. The number of nitrogens with zero attached hydrogens (tertiary/aromatic N) is 3. The first-order valence-corrected chi connectivity index (χ1v) is 5.92. The molecule has 20 heavy (non-hydrogen) atoms. The van der Waals surface area contributed by atoms with Crippen molar-refractivity contribution in [3.8, 4) is 0 Å². The molecule has 9 nitrogen and oxygen atoms in total. The molecule has 1 aromatic carbocycles. The van der Waals surface area contributed by atoms with E-state index in [0.717, 1.165) is 4.73 Å². The molecular weight excluding hydrogens is 266 g/mol. The van der Waals surface area contributed by atoms with E-state index in [1.807, 2.05) is 0 Å². The summed E-state index contributed by atoms with van der Waals surface area (Å²) in [6, 6.07) is 6.46. The summed E-state index contributed by atoms with van der Waals surface area (Å²) >= 11 is 0. The van der Waals surface area contributed by atoms with E-state index in [4.69, 9.17) is 0 Å². The maximum atomic E-state index is 11.7. The average molecular weight is 279 g/mol. The van der Waals surface area contributed by atoms with Gasteiger partial charge in [-0.3, -0.25) is 0 Å². The number of nitrogens with one attached hydrogen (secondary N) is 2. The van der Waals surface area contributed by atoms with Gasteiger partial charge in [0, 0.05) is 19.2 Å². The Bertz CT molecular complexity index is 684. The summed E-state index contributed by atoms with van der Waals surface area (Å²) in [5.41, 5.74) is 0.548. The van der Waals surface area contributed by atoms with Crippen molar-refractivity contribution in [3.05, 3.63) is 29.2 Å². The first kappa shape index (κ1) is 13.6. The minimum absolute atomic E-state index is 0.0212. The maximum absolute atomic E-state index is 11.7. The number of carboxylic acid groups (broad SMARTS) is 1. The molecule has 2 aromatic rings. The standard InChI is InChI=1S/C11H13N5O4/c17-11(18)13-7-3-6-12-10-14-16(20)9-5-2-1-4-8(9)15(10)19/h1-2,4-5,13,19H,3,6-7H2,(H-,12,14,17,18,20). The lowest BCUT2D eigenvalue weighted by Gasteiger charge is -2.08. The summed E-state index contributed by atoms with van der Waals surface area (Å²) in [5.74, 6) is -0.0212. The van der Waals surface area contributed by atoms with Crippen LogP contribution in [0.5, 0.6) is 0 Å². The fourth-order valence-corrected chi connectivity index (χ4v) is 1.69. The molecule has 1 heterocycles. The van der Waals surface area contributed by atoms with Crippen molar-refractivity contribution in [2.24, 2.45) is 0 Å². The van der Waals surface area contributed by atoms with E-state index in [9.17, 15) is 20.0 Å². The van der Waals surface area contributed by atoms with Gasteiger partial charge >= 0.3 is 11.5 Å². The van der Waals surface area contributed by atoms with E-state index in [2.05, 4.69) is 15.7 Å². The van der Waals surface area contributed by atoms with Gasteiger partial charge in [-0.25, -0.2) is 0 Å².